The highest BCUT2D eigenvalue weighted by Crippen LogP contribution is 2.23. The molecule has 38 heavy (non-hydrogen) atoms. The molecule has 0 saturated heterocycles. The number of carbonyl (C=O) groups is 1. The van der Waals surface area contributed by atoms with Crippen LogP contribution in [-0.2, 0) is 17.6 Å². The minimum absolute atomic E-state index is 0.280. The Balaban J connectivity index is 0.000000947. The van der Waals surface area contributed by atoms with Gasteiger partial charge in [0.05, 0.1) is 23.9 Å². The van der Waals surface area contributed by atoms with E-state index in [9.17, 15) is 4.79 Å². The highest BCUT2D eigenvalue weighted by atomic mass is 35.5. The topological polar surface area (TPSA) is 51.2 Å². The molecule has 0 unspecified atom stereocenters. The predicted octanol–water partition coefficient (Wildman–Crippen LogP) is 8.19. The number of aryl methyl sites for hydroxylation is 3. The number of carbonyl (C=O) groups excluding carboxylic acids is 1. The van der Waals surface area contributed by atoms with Gasteiger partial charge in [-0.1, -0.05) is 80.1 Å². The molecule has 0 radical (unpaired) electrons. The number of methoxy groups -OCH3 is 1. The van der Waals surface area contributed by atoms with Gasteiger partial charge in [-0.3, -0.25) is 0 Å². The second-order valence-corrected chi connectivity index (χ2v) is 9.04. The maximum absolute atomic E-state index is 12.0. The summed E-state index contributed by atoms with van der Waals surface area (Å²) in [5.74, 6) is -0.280. The zero-order chi connectivity index (χ0) is 27.9. The number of nitrogens with one attached hydrogen (secondary N) is 1. The van der Waals surface area contributed by atoms with E-state index in [1.807, 2.05) is 76.5 Å². The van der Waals surface area contributed by atoms with Crippen molar-refractivity contribution in [2.45, 2.75) is 40.0 Å². The predicted molar refractivity (Wildman–Crippen MR) is 163 cm³/mol. The zero-order valence-electron chi connectivity index (χ0n) is 23.3. The number of nitrogens with zero attached hydrogens (tertiary/aromatic N) is 1. The van der Waals surface area contributed by atoms with Crippen LogP contribution in [-0.4, -0.2) is 32.2 Å². The minimum Gasteiger partial charge on any atom is -0.465 e. The van der Waals surface area contributed by atoms with Crippen molar-refractivity contribution in [3.8, 4) is 0 Å². The summed E-state index contributed by atoms with van der Waals surface area (Å²) in [6.07, 6.45) is 6.85. The van der Waals surface area contributed by atoms with Crippen LogP contribution in [0.2, 0.25) is 5.02 Å². The van der Waals surface area contributed by atoms with Crippen LogP contribution in [0.15, 0.2) is 72.8 Å². The molecular weight excluding hydrogens is 492 g/mol. The molecule has 0 aliphatic heterocycles. The molecule has 0 atom stereocenters. The van der Waals surface area contributed by atoms with Gasteiger partial charge in [-0.15, -0.1) is 0 Å². The van der Waals surface area contributed by atoms with Crippen molar-refractivity contribution in [2.75, 3.05) is 21.2 Å². The first-order chi connectivity index (χ1) is 18.4. The van der Waals surface area contributed by atoms with Crippen LogP contribution in [0.4, 0.5) is 0 Å². The number of pyridine rings is 1. The Kier molecular flexibility index (Phi) is 13.3. The van der Waals surface area contributed by atoms with Crippen LogP contribution in [0.5, 0.6) is 0 Å². The zero-order valence-corrected chi connectivity index (χ0v) is 24.1. The van der Waals surface area contributed by atoms with Crippen LogP contribution < -0.4 is 5.32 Å². The molecular formula is C33H39ClN2O2. The quantitative estimate of drug-likeness (QED) is 0.245. The summed E-state index contributed by atoms with van der Waals surface area (Å²) >= 11 is 6.15. The van der Waals surface area contributed by atoms with E-state index >= 15 is 0 Å². The average molecular weight is 531 g/mol. The van der Waals surface area contributed by atoms with Gasteiger partial charge in [0.15, 0.2) is 0 Å². The van der Waals surface area contributed by atoms with E-state index in [-0.39, 0.29) is 5.97 Å². The van der Waals surface area contributed by atoms with E-state index in [0.29, 0.717) is 10.6 Å². The van der Waals surface area contributed by atoms with E-state index in [1.54, 1.807) is 0 Å². The van der Waals surface area contributed by atoms with Gasteiger partial charge in [0.2, 0.25) is 0 Å². The third-order valence-corrected chi connectivity index (χ3v) is 5.97. The number of halogens is 1. The van der Waals surface area contributed by atoms with Gasteiger partial charge in [0.25, 0.3) is 0 Å². The highest BCUT2D eigenvalue weighted by molar-refractivity contribution is 6.31. The maximum Gasteiger partial charge on any atom is 0.338 e. The fourth-order valence-electron chi connectivity index (χ4n) is 4.05. The molecule has 4 nitrogen and oxygen atoms in total. The lowest BCUT2D eigenvalue weighted by atomic mass is 9.99. The molecule has 0 spiro atoms. The fourth-order valence-corrected chi connectivity index (χ4v) is 4.22. The van der Waals surface area contributed by atoms with Gasteiger partial charge in [-0.25, -0.2) is 9.78 Å². The van der Waals surface area contributed by atoms with Gasteiger partial charge in [-0.2, -0.15) is 0 Å². The van der Waals surface area contributed by atoms with E-state index < -0.39 is 0 Å². The standard InChI is InChI=1S/C29H26ClNO2.C2H7N.C2H6/c1-20-17-25(31-28-19-24(30)14-16-26(20)28)15-13-22-8-5-7-21(18-22)9-6-11-23-10-3-4-12-27(23)29(32)33-2;1-3-2;1-2/h3-5,7-8,10,12-19H,6,9,11H2,1-2H3;3H,1-2H3;1-2H3/b15-13+;;. The van der Waals surface area contributed by atoms with Crippen LogP contribution in [0.25, 0.3) is 23.1 Å². The van der Waals surface area contributed by atoms with Crippen molar-refractivity contribution >= 4 is 40.6 Å². The summed E-state index contributed by atoms with van der Waals surface area (Å²) in [6.45, 7) is 6.09. The first kappa shape index (κ1) is 30.8. The largest absolute Gasteiger partial charge is 0.465 e. The summed E-state index contributed by atoms with van der Waals surface area (Å²) in [4.78, 5) is 16.7. The fraction of sp³-hybridized carbons (Fsp3) is 0.273. The number of aromatic nitrogens is 1. The lowest BCUT2D eigenvalue weighted by molar-refractivity contribution is 0.0599. The first-order valence-corrected chi connectivity index (χ1v) is 13.4. The average Bonchev–Trinajstić information content (AvgIpc) is 2.93. The molecule has 5 heteroatoms. The monoisotopic (exact) mass is 530 g/mol. The van der Waals surface area contributed by atoms with Gasteiger partial charge < -0.3 is 10.1 Å². The number of hydrogen-bond donors (Lipinski definition) is 1. The second-order valence-electron chi connectivity index (χ2n) is 8.61. The van der Waals surface area contributed by atoms with E-state index in [0.717, 1.165) is 47.0 Å². The molecule has 1 N–H and O–H groups in total. The van der Waals surface area contributed by atoms with Crippen LogP contribution in [0.1, 0.15) is 58.6 Å². The number of ether oxygens (including phenoxy) is 1. The summed E-state index contributed by atoms with van der Waals surface area (Å²) in [6, 6.07) is 24.1. The number of fused-ring (bicyclic) bond motifs is 1. The number of rotatable bonds is 7. The lowest BCUT2D eigenvalue weighted by Crippen LogP contribution is -2.05. The molecule has 1 aromatic heterocycles. The van der Waals surface area contributed by atoms with Crippen LogP contribution in [0, 0.1) is 6.92 Å². The van der Waals surface area contributed by atoms with Crippen molar-refractivity contribution in [3.05, 3.63) is 111 Å². The molecule has 0 aliphatic carbocycles. The third-order valence-electron chi connectivity index (χ3n) is 5.73. The van der Waals surface area contributed by atoms with Gasteiger partial charge in [-0.05, 0) is 92.9 Å². The second kappa shape index (κ2) is 16.4. The maximum atomic E-state index is 12.0. The Morgan fingerprint density at radius 1 is 0.947 bits per heavy atom. The molecule has 4 rings (SSSR count). The van der Waals surface area contributed by atoms with Gasteiger partial charge >= 0.3 is 5.97 Å². The molecule has 1 heterocycles. The minimum atomic E-state index is -0.280. The van der Waals surface area contributed by atoms with E-state index in [2.05, 4.69) is 48.6 Å². The smallest absolute Gasteiger partial charge is 0.338 e. The van der Waals surface area contributed by atoms with Crippen molar-refractivity contribution in [1.82, 2.24) is 10.3 Å². The lowest BCUT2D eigenvalue weighted by Gasteiger charge is -2.08. The van der Waals surface area contributed by atoms with Crippen molar-refractivity contribution in [3.63, 3.8) is 0 Å². The Hall–Kier alpha value is -3.47. The van der Waals surface area contributed by atoms with Crippen molar-refractivity contribution in [1.29, 1.82) is 0 Å². The number of hydrogen-bond acceptors (Lipinski definition) is 4. The molecule has 0 amide bonds. The van der Waals surface area contributed by atoms with Crippen LogP contribution >= 0.6 is 11.6 Å². The van der Waals surface area contributed by atoms with Crippen molar-refractivity contribution in [2.24, 2.45) is 0 Å². The molecule has 0 bridgehead atoms. The normalized spacial score (nSPS) is 10.4. The SMILES string of the molecule is CC.CNC.COC(=O)c1ccccc1CCCc1cccc(/C=C/c2cc(C)c3ccc(Cl)cc3n2)c1. The molecule has 0 aliphatic rings. The summed E-state index contributed by atoms with van der Waals surface area (Å²) in [7, 11) is 5.17. The number of esters is 1. The summed E-state index contributed by atoms with van der Waals surface area (Å²) in [5.41, 5.74) is 7.07. The molecule has 3 aromatic carbocycles. The first-order valence-electron chi connectivity index (χ1n) is 13.0. The Labute approximate surface area is 232 Å². The Morgan fingerprint density at radius 3 is 2.42 bits per heavy atom. The molecule has 200 valence electrons. The van der Waals surface area contributed by atoms with Gasteiger partial charge in [0, 0.05) is 10.4 Å². The summed E-state index contributed by atoms with van der Waals surface area (Å²) in [5, 5.41) is 4.56. The van der Waals surface area contributed by atoms with E-state index in [4.69, 9.17) is 21.3 Å². The highest BCUT2D eigenvalue weighted by Gasteiger charge is 2.10. The Bertz CT molecular complexity index is 1350. The number of benzene rings is 3. The molecule has 4 aromatic rings. The molecule has 0 saturated carbocycles. The third kappa shape index (κ3) is 9.13. The summed E-state index contributed by atoms with van der Waals surface area (Å²) < 4.78 is 4.90. The van der Waals surface area contributed by atoms with E-state index in [1.165, 1.54) is 18.2 Å². The van der Waals surface area contributed by atoms with Crippen molar-refractivity contribution < 1.29 is 9.53 Å². The Morgan fingerprint density at radius 2 is 1.68 bits per heavy atom. The molecule has 0 fully saturated rings. The van der Waals surface area contributed by atoms with Crippen LogP contribution in [0.3, 0.4) is 0 Å². The van der Waals surface area contributed by atoms with Gasteiger partial charge in [0.1, 0.15) is 0 Å².